The molecule has 0 aliphatic carbocycles. The summed E-state index contributed by atoms with van der Waals surface area (Å²) in [6.45, 7) is 0. The van der Waals surface area contributed by atoms with Gasteiger partial charge in [-0.1, -0.05) is 0 Å². The summed E-state index contributed by atoms with van der Waals surface area (Å²) in [5, 5.41) is 0. The maximum atomic E-state index is 8.74. The largest absolute Gasteiger partial charge is 1.00 e. The fraction of sp³-hybridized carbons (Fsp3) is 0. The van der Waals surface area contributed by atoms with Crippen LogP contribution in [0.4, 0.5) is 0 Å². The van der Waals surface area contributed by atoms with Gasteiger partial charge in [0, 0.05) is 17.1 Å². The Morgan fingerprint density at radius 1 is 1.10 bits per heavy atom. The fourth-order valence-corrected chi connectivity index (χ4v) is 0. The number of halogens is 2. The van der Waals surface area contributed by atoms with Crippen LogP contribution in [0, 0.1) is 0 Å². The first-order valence-electron chi connectivity index (χ1n) is 0.698. The Morgan fingerprint density at radius 2 is 1.10 bits per heavy atom. The summed E-state index contributed by atoms with van der Waals surface area (Å²) in [4.78, 5) is 0. The van der Waals surface area contributed by atoms with Crippen LogP contribution in [0.1, 0.15) is 2.85 Å². The predicted octanol–water partition coefficient (Wildman–Crippen LogP) is -5.42. The zero-order chi connectivity index (χ0) is 4.50. The van der Waals surface area contributed by atoms with Crippen molar-refractivity contribution < 1.29 is 96.6 Å². The zero-order valence-corrected chi connectivity index (χ0v) is 13.5. The first-order valence-corrected chi connectivity index (χ1v) is 2.10. The van der Waals surface area contributed by atoms with Crippen molar-refractivity contribution >= 4 is 39.8 Å². The molecule has 0 saturated carbocycles. The van der Waals surface area contributed by atoms with E-state index < -0.39 is 10.4 Å². The zero-order valence-electron chi connectivity index (χ0n) is 7.24. The Bertz CT molecular complexity index is 114. The van der Waals surface area contributed by atoms with Gasteiger partial charge >= 0.3 is 69.5 Å². The molecule has 0 aliphatic heterocycles. The van der Waals surface area contributed by atoms with Gasteiger partial charge in [-0.3, -0.25) is 9.11 Å². The Hall–Kier alpha value is 3.16. The average molecular weight is 327 g/mol. The summed E-state index contributed by atoms with van der Waals surface area (Å²) in [6.07, 6.45) is 0. The van der Waals surface area contributed by atoms with Gasteiger partial charge in [-0.05, 0) is 0 Å². The molecule has 0 bridgehead atoms. The molecule has 0 amide bonds. The van der Waals surface area contributed by atoms with Gasteiger partial charge in [0.2, 0.25) is 0 Å². The molecule has 10 heavy (non-hydrogen) atoms. The van der Waals surface area contributed by atoms with E-state index in [-0.39, 0.29) is 108 Å². The molecule has 0 fully saturated rings. The van der Waals surface area contributed by atoms with Crippen molar-refractivity contribution in [1.82, 2.24) is 0 Å². The monoisotopic (exact) mass is 325 g/mol. The van der Waals surface area contributed by atoms with Crippen molar-refractivity contribution in [3.63, 3.8) is 0 Å². The van der Waals surface area contributed by atoms with E-state index in [1.807, 2.05) is 0 Å². The summed E-state index contributed by atoms with van der Waals surface area (Å²) < 4.78 is 31.6. The predicted molar refractivity (Wildman–Crippen MR) is 34.0 cm³/mol. The quantitative estimate of drug-likeness (QED) is 0.344. The average Bonchev–Trinajstić information content (AvgIpc) is 0.722. The second kappa shape index (κ2) is 18.0. The van der Waals surface area contributed by atoms with E-state index in [9.17, 15) is 0 Å². The molecular weight excluding hydrogens is 321 g/mol. The smallest absolute Gasteiger partial charge is 1.00 e. The van der Waals surface area contributed by atoms with Crippen LogP contribution in [-0.2, 0) is 27.5 Å². The van der Waals surface area contributed by atoms with Gasteiger partial charge in [-0.2, -0.15) is 8.42 Å². The Labute approximate surface area is 134 Å². The van der Waals surface area contributed by atoms with Crippen molar-refractivity contribution in [1.29, 1.82) is 0 Å². The third-order valence-electron chi connectivity index (χ3n) is 0. The summed E-state index contributed by atoms with van der Waals surface area (Å²) in [5.74, 6) is 0. The van der Waals surface area contributed by atoms with Crippen LogP contribution in [0.25, 0.3) is 0 Å². The molecule has 4 nitrogen and oxygen atoms in total. The van der Waals surface area contributed by atoms with Crippen molar-refractivity contribution in [2.75, 3.05) is 0 Å². The first kappa shape index (κ1) is 38.0. The van der Waals surface area contributed by atoms with Gasteiger partial charge < -0.3 is 2.85 Å². The minimum Gasteiger partial charge on any atom is -1.00 e. The second-order valence-electron chi connectivity index (χ2n) is 0.448. The maximum absolute atomic E-state index is 8.74. The molecule has 0 aromatic rings. The Morgan fingerprint density at radius 3 is 1.10 bits per heavy atom. The van der Waals surface area contributed by atoms with Crippen LogP contribution in [0.3, 0.4) is 0 Å². The molecule has 0 aromatic carbocycles. The minimum absolute atomic E-state index is 0. The van der Waals surface area contributed by atoms with Crippen LogP contribution < -0.4 is 59.1 Å². The van der Waals surface area contributed by atoms with E-state index in [0.29, 0.717) is 0 Å². The fourth-order valence-electron chi connectivity index (χ4n) is 0. The van der Waals surface area contributed by atoms with Crippen LogP contribution >= 0.6 is 29.4 Å². The molecule has 0 atom stereocenters. The van der Waals surface area contributed by atoms with E-state index in [2.05, 4.69) is 0 Å². The van der Waals surface area contributed by atoms with E-state index >= 15 is 0 Å². The van der Waals surface area contributed by atoms with Gasteiger partial charge in [0.25, 0.3) is 0 Å². The molecule has 0 unspecified atom stereocenters. The SMILES string of the molecule is Br.Cl.O=S(=O)(O)O.[Cu].[H-].[H-].[Na+].[Na+]. The summed E-state index contributed by atoms with van der Waals surface area (Å²) >= 11 is 0. The van der Waals surface area contributed by atoms with Crippen molar-refractivity contribution in [2.45, 2.75) is 0 Å². The third kappa shape index (κ3) is 115. The molecule has 0 rings (SSSR count). The van der Waals surface area contributed by atoms with Crippen LogP contribution in [0.5, 0.6) is 0 Å². The van der Waals surface area contributed by atoms with Gasteiger partial charge in [0.15, 0.2) is 0 Å². The molecule has 0 heterocycles. The van der Waals surface area contributed by atoms with Gasteiger partial charge in [-0.25, -0.2) is 0 Å². The normalized spacial score (nSPS) is 5.80. The van der Waals surface area contributed by atoms with Gasteiger partial charge in [-0.15, -0.1) is 29.4 Å². The molecule has 0 aromatic heterocycles. The number of rotatable bonds is 0. The summed E-state index contributed by atoms with van der Waals surface area (Å²) in [7, 11) is -4.67. The maximum Gasteiger partial charge on any atom is 1.00 e. The standard InChI is InChI=1S/BrH.ClH.Cu.2Na.H2O4S.2H/c;;;;;1-5(2,3)4;;/h2*1H;;;;(H2,1,2,3,4);;/q;;;2*+1;;2*-1. The topological polar surface area (TPSA) is 74.6 Å². The number of hydrogen-bond donors (Lipinski definition) is 2. The molecule has 0 saturated heterocycles. The Balaban J connectivity index is -0.00000000381. The number of hydrogen-bond acceptors (Lipinski definition) is 2. The molecular formula is H6BrClCuNa2O4S. The molecule has 63 valence electrons. The molecule has 0 aliphatic rings. The second-order valence-corrected chi connectivity index (χ2v) is 1.34. The third-order valence-corrected chi connectivity index (χ3v) is 0. The van der Waals surface area contributed by atoms with Crippen LogP contribution in [0.2, 0.25) is 0 Å². The molecule has 2 N–H and O–H groups in total. The molecule has 10 heteroatoms. The van der Waals surface area contributed by atoms with E-state index in [4.69, 9.17) is 17.5 Å². The summed E-state index contributed by atoms with van der Waals surface area (Å²) in [5.41, 5.74) is 0. The molecule has 0 spiro atoms. The van der Waals surface area contributed by atoms with Crippen LogP contribution in [0.15, 0.2) is 0 Å². The minimum atomic E-state index is -4.67. The first-order chi connectivity index (χ1) is 2.00. The summed E-state index contributed by atoms with van der Waals surface area (Å²) in [6, 6.07) is 0. The molecule has 1 radical (unpaired) electrons. The van der Waals surface area contributed by atoms with E-state index in [0.717, 1.165) is 0 Å². The van der Waals surface area contributed by atoms with Crippen molar-refractivity contribution in [2.24, 2.45) is 0 Å². The van der Waals surface area contributed by atoms with Crippen LogP contribution in [-0.4, -0.2) is 17.5 Å². The van der Waals surface area contributed by atoms with E-state index in [1.165, 1.54) is 0 Å². The van der Waals surface area contributed by atoms with E-state index in [1.54, 1.807) is 0 Å². The van der Waals surface area contributed by atoms with Crippen molar-refractivity contribution in [3.05, 3.63) is 0 Å². The van der Waals surface area contributed by atoms with Crippen molar-refractivity contribution in [3.8, 4) is 0 Å². The Kier molecular flexibility index (Phi) is 68.5. The van der Waals surface area contributed by atoms with Gasteiger partial charge in [0.1, 0.15) is 0 Å². The van der Waals surface area contributed by atoms with Gasteiger partial charge in [0.05, 0.1) is 0 Å².